The molecule has 8 heteroatoms. The molecule has 7 nitrogen and oxygen atoms in total. The zero-order chi connectivity index (χ0) is 18.4. The number of methoxy groups -OCH3 is 2. The first kappa shape index (κ1) is 18.7. The summed E-state index contributed by atoms with van der Waals surface area (Å²) in [5.41, 5.74) is 1.45. The van der Waals surface area contributed by atoms with Crippen LogP contribution in [0.4, 0.5) is 0 Å². The van der Waals surface area contributed by atoms with Gasteiger partial charge in [-0.25, -0.2) is 9.78 Å². The van der Waals surface area contributed by atoms with E-state index in [4.69, 9.17) is 14.2 Å². The van der Waals surface area contributed by atoms with Gasteiger partial charge in [0.2, 0.25) is 0 Å². The summed E-state index contributed by atoms with van der Waals surface area (Å²) in [6.07, 6.45) is 0. The molecule has 0 radical (unpaired) electrons. The Balaban J connectivity index is 1.84. The average molecular weight is 364 g/mol. The number of ether oxygens (including phenoxy) is 3. The van der Waals surface area contributed by atoms with Crippen LogP contribution < -0.4 is 14.8 Å². The molecule has 1 amide bonds. The summed E-state index contributed by atoms with van der Waals surface area (Å²) in [6.45, 7) is 3.49. The monoisotopic (exact) mass is 364 g/mol. The zero-order valence-electron chi connectivity index (χ0n) is 14.5. The van der Waals surface area contributed by atoms with E-state index in [-0.39, 0.29) is 19.1 Å². The number of amides is 1. The van der Waals surface area contributed by atoms with Gasteiger partial charge in [0.15, 0.2) is 18.1 Å². The third kappa shape index (κ3) is 4.93. The number of aryl methyl sites for hydroxylation is 2. The highest BCUT2D eigenvalue weighted by Gasteiger charge is 2.16. The Morgan fingerprint density at radius 1 is 1.16 bits per heavy atom. The molecule has 1 N–H and O–H groups in total. The van der Waals surface area contributed by atoms with E-state index in [0.29, 0.717) is 22.1 Å². The van der Waals surface area contributed by atoms with Crippen LogP contribution >= 0.6 is 11.3 Å². The molecule has 0 spiro atoms. The number of hydrogen-bond donors (Lipinski definition) is 1. The van der Waals surface area contributed by atoms with E-state index in [1.807, 2.05) is 13.0 Å². The normalized spacial score (nSPS) is 10.2. The molecule has 2 aromatic rings. The van der Waals surface area contributed by atoms with Gasteiger partial charge >= 0.3 is 5.97 Å². The lowest BCUT2D eigenvalue weighted by atomic mass is 10.2. The van der Waals surface area contributed by atoms with E-state index in [1.165, 1.54) is 11.3 Å². The molecule has 1 aromatic carbocycles. The predicted molar refractivity (Wildman–Crippen MR) is 93.3 cm³/mol. The summed E-state index contributed by atoms with van der Waals surface area (Å²) < 4.78 is 15.4. The lowest BCUT2D eigenvalue weighted by molar-refractivity contribution is -0.124. The minimum atomic E-state index is -0.538. The van der Waals surface area contributed by atoms with Gasteiger partial charge in [-0.05, 0) is 31.5 Å². The third-order valence-electron chi connectivity index (χ3n) is 3.36. The van der Waals surface area contributed by atoms with Gasteiger partial charge in [0.25, 0.3) is 5.91 Å². The molecule has 0 fully saturated rings. The Kier molecular flexibility index (Phi) is 6.35. The van der Waals surface area contributed by atoms with Crippen molar-refractivity contribution in [2.24, 2.45) is 0 Å². The number of carbonyl (C=O) groups is 2. The SMILES string of the molecule is COc1ccc(CNC(=O)COC(=O)c2sc(C)nc2C)cc1OC. The standard InChI is InChI=1S/C17H20N2O5S/c1-10-16(25-11(2)19-10)17(21)24-9-15(20)18-8-12-5-6-13(22-3)14(7-12)23-4/h5-7H,8-9H2,1-4H3,(H,18,20). The Morgan fingerprint density at radius 3 is 2.48 bits per heavy atom. The molecular formula is C17H20N2O5S. The minimum absolute atomic E-state index is 0.287. The summed E-state index contributed by atoms with van der Waals surface area (Å²) >= 11 is 1.25. The highest BCUT2D eigenvalue weighted by atomic mass is 32.1. The predicted octanol–water partition coefficient (Wildman–Crippen LogP) is 2.25. The maximum atomic E-state index is 11.9. The first-order valence-electron chi connectivity index (χ1n) is 7.53. The summed E-state index contributed by atoms with van der Waals surface area (Å²) in [7, 11) is 3.10. The number of carbonyl (C=O) groups excluding carboxylic acids is 2. The molecule has 2 rings (SSSR count). The lowest BCUT2D eigenvalue weighted by Gasteiger charge is -2.10. The second-order valence-electron chi connectivity index (χ2n) is 5.19. The molecule has 0 aliphatic carbocycles. The fourth-order valence-corrected chi connectivity index (χ4v) is 2.97. The van der Waals surface area contributed by atoms with Crippen LogP contribution in [0.2, 0.25) is 0 Å². The quantitative estimate of drug-likeness (QED) is 0.759. The molecular weight excluding hydrogens is 344 g/mol. The van der Waals surface area contributed by atoms with Gasteiger partial charge < -0.3 is 19.5 Å². The molecule has 0 unspecified atom stereocenters. The van der Waals surface area contributed by atoms with Crippen LogP contribution in [0.3, 0.4) is 0 Å². The van der Waals surface area contributed by atoms with Crippen LogP contribution in [0, 0.1) is 13.8 Å². The van der Waals surface area contributed by atoms with Crippen molar-refractivity contribution < 1.29 is 23.8 Å². The van der Waals surface area contributed by atoms with Gasteiger partial charge in [0.05, 0.1) is 24.9 Å². The number of aromatic nitrogens is 1. The van der Waals surface area contributed by atoms with E-state index < -0.39 is 5.97 Å². The fourth-order valence-electron chi connectivity index (χ4n) is 2.16. The van der Waals surface area contributed by atoms with Gasteiger partial charge in [0.1, 0.15) is 4.88 Å². The van der Waals surface area contributed by atoms with Crippen molar-refractivity contribution in [3.05, 3.63) is 39.3 Å². The van der Waals surface area contributed by atoms with Crippen LogP contribution in [0.5, 0.6) is 11.5 Å². The number of esters is 1. The largest absolute Gasteiger partial charge is 0.493 e. The maximum absolute atomic E-state index is 11.9. The van der Waals surface area contributed by atoms with E-state index in [1.54, 1.807) is 33.3 Å². The van der Waals surface area contributed by atoms with Crippen molar-refractivity contribution in [1.29, 1.82) is 0 Å². The van der Waals surface area contributed by atoms with E-state index in [9.17, 15) is 9.59 Å². The second kappa shape index (κ2) is 8.48. The molecule has 1 aromatic heterocycles. The van der Waals surface area contributed by atoms with Gasteiger partial charge in [0, 0.05) is 6.54 Å². The highest BCUT2D eigenvalue weighted by molar-refractivity contribution is 7.13. The molecule has 0 aliphatic heterocycles. The van der Waals surface area contributed by atoms with E-state index >= 15 is 0 Å². The number of nitrogens with zero attached hydrogens (tertiary/aromatic N) is 1. The number of thiazole rings is 1. The number of hydrogen-bond acceptors (Lipinski definition) is 7. The fraction of sp³-hybridized carbons (Fsp3) is 0.353. The first-order chi connectivity index (χ1) is 11.9. The van der Waals surface area contributed by atoms with E-state index in [2.05, 4.69) is 10.3 Å². The van der Waals surface area contributed by atoms with Crippen LogP contribution in [-0.2, 0) is 16.1 Å². The number of nitrogens with one attached hydrogen (secondary N) is 1. The summed E-state index contributed by atoms with van der Waals surface area (Å²) in [5.74, 6) is 0.268. The molecule has 0 aliphatic rings. The van der Waals surface area contributed by atoms with Crippen LogP contribution in [0.25, 0.3) is 0 Å². The number of rotatable bonds is 7. The van der Waals surface area contributed by atoms with Crippen molar-refractivity contribution in [3.63, 3.8) is 0 Å². The summed E-state index contributed by atoms with van der Waals surface area (Å²) in [5, 5.41) is 3.47. The van der Waals surface area contributed by atoms with Gasteiger partial charge in [-0.1, -0.05) is 6.07 Å². The summed E-state index contributed by atoms with van der Waals surface area (Å²) in [6, 6.07) is 5.35. The van der Waals surface area contributed by atoms with Crippen molar-refractivity contribution in [3.8, 4) is 11.5 Å². The highest BCUT2D eigenvalue weighted by Crippen LogP contribution is 2.27. The van der Waals surface area contributed by atoms with Gasteiger partial charge in [-0.2, -0.15) is 0 Å². The summed E-state index contributed by atoms with van der Waals surface area (Å²) in [4.78, 5) is 28.4. The average Bonchev–Trinajstić information content (AvgIpc) is 2.95. The Bertz CT molecular complexity index is 772. The molecule has 0 atom stereocenters. The van der Waals surface area contributed by atoms with Crippen molar-refractivity contribution in [2.75, 3.05) is 20.8 Å². The Labute approximate surface area is 149 Å². The van der Waals surface area contributed by atoms with Crippen molar-refractivity contribution in [2.45, 2.75) is 20.4 Å². The van der Waals surface area contributed by atoms with Crippen LogP contribution in [0.1, 0.15) is 25.9 Å². The number of benzene rings is 1. The molecule has 134 valence electrons. The Morgan fingerprint density at radius 2 is 1.88 bits per heavy atom. The molecule has 1 heterocycles. The zero-order valence-corrected chi connectivity index (χ0v) is 15.4. The molecule has 0 saturated carbocycles. The lowest BCUT2D eigenvalue weighted by Crippen LogP contribution is -2.28. The first-order valence-corrected chi connectivity index (χ1v) is 8.35. The van der Waals surface area contributed by atoms with Crippen molar-refractivity contribution >= 4 is 23.2 Å². The molecule has 25 heavy (non-hydrogen) atoms. The van der Waals surface area contributed by atoms with E-state index in [0.717, 1.165) is 10.6 Å². The smallest absolute Gasteiger partial charge is 0.350 e. The maximum Gasteiger partial charge on any atom is 0.350 e. The van der Waals surface area contributed by atoms with Crippen LogP contribution in [0.15, 0.2) is 18.2 Å². The topological polar surface area (TPSA) is 86.8 Å². The van der Waals surface area contributed by atoms with Gasteiger partial charge in [-0.3, -0.25) is 4.79 Å². The molecule has 0 bridgehead atoms. The Hall–Kier alpha value is -2.61. The molecule has 0 saturated heterocycles. The second-order valence-corrected chi connectivity index (χ2v) is 6.39. The van der Waals surface area contributed by atoms with Crippen molar-refractivity contribution in [1.82, 2.24) is 10.3 Å². The van der Waals surface area contributed by atoms with Gasteiger partial charge in [-0.15, -0.1) is 11.3 Å². The minimum Gasteiger partial charge on any atom is -0.493 e. The third-order valence-corrected chi connectivity index (χ3v) is 4.41. The van der Waals surface area contributed by atoms with Crippen LogP contribution in [-0.4, -0.2) is 37.7 Å².